The lowest BCUT2D eigenvalue weighted by Gasteiger charge is -2.36. The van der Waals surface area contributed by atoms with E-state index in [1.165, 1.54) is 6.07 Å². The molecule has 2 saturated heterocycles. The zero-order valence-corrected chi connectivity index (χ0v) is 17.4. The van der Waals surface area contributed by atoms with Gasteiger partial charge in [-0.1, -0.05) is 11.6 Å². The molecule has 0 atom stereocenters. The smallest absolute Gasteiger partial charge is 0.282 e. The summed E-state index contributed by atoms with van der Waals surface area (Å²) >= 11 is 5.90. The Hall–Kier alpha value is -2.71. The van der Waals surface area contributed by atoms with Gasteiger partial charge in [0.2, 0.25) is 0 Å². The van der Waals surface area contributed by atoms with E-state index in [9.17, 15) is 14.9 Å². The highest BCUT2D eigenvalue weighted by Gasteiger charge is 2.28. The monoisotopic (exact) mass is 429 g/mol. The number of nitrogens with zero attached hydrogens (tertiary/aromatic N) is 5. The highest BCUT2D eigenvalue weighted by Crippen LogP contribution is 2.28. The van der Waals surface area contributed by atoms with Crippen molar-refractivity contribution in [3.8, 4) is 0 Å². The van der Waals surface area contributed by atoms with E-state index in [0.717, 1.165) is 56.9 Å². The van der Waals surface area contributed by atoms with Crippen LogP contribution in [0.4, 0.5) is 11.4 Å². The molecule has 0 spiro atoms. The fourth-order valence-electron chi connectivity index (χ4n) is 4.04. The number of nitro benzene ring substituents is 1. The molecular weight excluding hydrogens is 406 g/mol. The summed E-state index contributed by atoms with van der Waals surface area (Å²) in [7, 11) is 0. The average molecular weight is 430 g/mol. The number of nitro groups is 1. The number of hydrogen-bond acceptors (Lipinski definition) is 6. The van der Waals surface area contributed by atoms with Gasteiger partial charge in [0.05, 0.1) is 15.6 Å². The Kier molecular flexibility index (Phi) is 6.15. The van der Waals surface area contributed by atoms with Gasteiger partial charge in [-0.3, -0.25) is 24.8 Å². The highest BCUT2D eigenvalue weighted by molar-refractivity contribution is 6.30. The number of hydrogen-bond donors (Lipinski definition) is 0. The van der Waals surface area contributed by atoms with E-state index in [1.807, 2.05) is 12.1 Å². The van der Waals surface area contributed by atoms with E-state index in [2.05, 4.69) is 14.8 Å². The Balaban J connectivity index is 1.45. The van der Waals surface area contributed by atoms with Crippen LogP contribution in [0.5, 0.6) is 0 Å². The topological polar surface area (TPSA) is 82.8 Å². The van der Waals surface area contributed by atoms with Crippen molar-refractivity contribution in [3.05, 3.63) is 62.9 Å². The lowest BCUT2D eigenvalue weighted by Crippen LogP contribution is -2.46. The van der Waals surface area contributed by atoms with Crippen molar-refractivity contribution >= 4 is 28.9 Å². The first-order chi connectivity index (χ1) is 14.5. The van der Waals surface area contributed by atoms with Crippen molar-refractivity contribution in [1.82, 2.24) is 14.8 Å². The number of carbonyl (C=O) groups excluding carboxylic acids is 1. The van der Waals surface area contributed by atoms with Crippen LogP contribution < -0.4 is 4.90 Å². The highest BCUT2D eigenvalue weighted by atomic mass is 35.5. The van der Waals surface area contributed by atoms with Crippen LogP contribution >= 0.6 is 11.6 Å². The molecule has 30 heavy (non-hydrogen) atoms. The molecule has 2 aliphatic heterocycles. The van der Waals surface area contributed by atoms with E-state index in [4.69, 9.17) is 11.6 Å². The van der Waals surface area contributed by atoms with Crippen molar-refractivity contribution in [2.24, 2.45) is 0 Å². The normalized spacial score (nSPS) is 17.4. The Morgan fingerprint density at radius 1 is 1.07 bits per heavy atom. The third kappa shape index (κ3) is 4.55. The maximum Gasteiger partial charge on any atom is 0.282 e. The van der Waals surface area contributed by atoms with Crippen LogP contribution in [0.3, 0.4) is 0 Å². The first-order valence-electron chi connectivity index (χ1n) is 10.2. The first kappa shape index (κ1) is 20.6. The number of aromatic nitrogens is 1. The molecule has 1 aromatic carbocycles. The van der Waals surface area contributed by atoms with Crippen LogP contribution in [0.1, 0.15) is 28.9 Å². The number of amides is 1. The van der Waals surface area contributed by atoms with Gasteiger partial charge in [-0.2, -0.15) is 0 Å². The van der Waals surface area contributed by atoms with Gasteiger partial charge >= 0.3 is 0 Å². The van der Waals surface area contributed by atoms with Crippen LogP contribution in [0.2, 0.25) is 5.02 Å². The molecule has 158 valence electrons. The molecular formula is C21H24ClN5O3. The fourth-order valence-corrected chi connectivity index (χ4v) is 4.15. The van der Waals surface area contributed by atoms with Crippen LogP contribution in [-0.2, 0) is 6.54 Å². The van der Waals surface area contributed by atoms with Crippen LogP contribution in [0.25, 0.3) is 0 Å². The van der Waals surface area contributed by atoms with E-state index in [1.54, 1.807) is 23.2 Å². The number of likely N-dealkylation sites (tertiary alicyclic amines) is 1. The molecule has 2 aliphatic rings. The molecule has 4 rings (SSSR count). The molecule has 0 N–H and O–H groups in total. The number of pyridine rings is 1. The van der Waals surface area contributed by atoms with Gasteiger partial charge in [0.1, 0.15) is 5.56 Å². The lowest BCUT2D eigenvalue weighted by atomic mass is 10.1. The summed E-state index contributed by atoms with van der Waals surface area (Å²) in [6.07, 6.45) is 3.55. The zero-order chi connectivity index (χ0) is 21.1. The van der Waals surface area contributed by atoms with Gasteiger partial charge < -0.3 is 9.80 Å². The standard InChI is InChI=1S/C21H24ClN5O3/c22-16-3-4-17(23-14-16)15-24-9-11-25(12-10-24)18-5-6-20(27(29)30)19(13-18)21(28)26-7-1-2-8-26/h3-6,13-14H,1-2,7-12,15H2. The minimum absolute atomic E-state index is 0.122. The summed E-state index contributed by atoms with van der Waals surface area (Å²) in [5.74, 6) is -0.242. The predicted molar refractivity (Wildman–Crippen MR) is 115 cm³/mol. The third-order valence-corrected chi connectivity index (χ3v) is 5.94. The Bertz CT molecular complexity index is 923. The maximum absolute atomic E-state index is 12.9. The zero-order valence-electron chi connectivity index (χ0n) is 16.7. The molecule has 8 nitrogen and oxygen atoms in total. The molecule has 9 heteroatoms. The molecule has 1 amide bonds. The van der Waals surface area contributed by atoms with Crippen LogP contribution in [0.15, 0.2) is 36.5 Å². The number of benzene rings is 1. The molecule has 0 unspecified atom stereocenters. The second-order valence-electron chi connectivity index (χ2n) is 7.69. The maximum atomic E-state index is 12.9. The molecule has 3 heterocycles. The molecule has 2 aromatic rings. The fraction of sp³-hybridized carbons (Fsp3) is 0.429. The van der Waals surface area contributed by atoms with Gasteiger partial charge in [-0.15, -0.1) is 0 Å². The largest absolute Gasteiger partial charge is 0.369 e. The first-order valence-corrected chi connectivity index (χ1v) is 10.5. The van der Waals surface area contributed by atoms with Crippen molar-refractivity contribution in [2.75, 3.05) is 44.2 Å². The number of halogens is 1. The quantitative estimate of drug-likeness (QED) is 0.536. The minimum Gasteiger partial charge on any atom is -0.369 e. The number of piperazine rings is 1. The molecule has 2 fully saturated rings. The molecule has 0 aliphatic carbocycles. The molecule has 0 radical (unpaired) electrons. The second-order valence-corrected chi connectivity index (χ2v) is 8.13. The van der Waals surface area contributed by atoms with Gasteiger partial charge in [0.15, 0.2) is 0 Å². The lowest BCUT2D eigenvalue weighted by molar-refractivity contribution is -0.385. The van der Waals surface area contributed by atoms with Crippen molar-refractivity contribution in [2.45, 2.75) is 19.4 Å². The van der Waals surface area contributed by atoms with Gasteiger partial charge in [-0.25, -0.2) is 0 Å². The molecule has 0 bridgehead atoms. The van der Waals surface area contributed by atoms with Crippen molar-refractivity contribution < 1.29 is 9.72 Å². The summed E-state index contributed by atoms with van der Waals surface area (Å²) < 4.78 is 0. The van der Waals surface area contributed by atoms with E-state index < -0.39 is 4.92 Å². The second kappa shape index (κ2) is 8.97. The number of carbonyl (C=O) groups is 1. The average Bonchev–Trinajstić information content (AvgIpc) is 3.30. The molecule has 0 saturated carbocycles. The third-order valence-electron chi connectivity index (χ3n) is 5.71. The summed E-state index contributed by atoms with van der Waals surface area (Å²) in [4.78, 5) is 34.4. The Labute approximate surface area is 180 Å². The van der Waals surface area contributed by atoms with Gasteiger partial charge in [0.25, 0.3) is 11.6 Å². The summed E-state index contributed by atoms with van der Waals surface area (Å²) in [5, 5.41) is 12.1. The Morgan fingerprint density at radius 2 is 1.80 bits per heavy atom. The van der Waals surface area contributed by atoms with Gasteiger partial charge in [-0.05, 0) is 37.1 Å². The van der Waals surface area contributed by atoms with Gasteiger partial charge in [0, 0.05) is 63.8 Å². The number of anilines is 1. The van der Waals surface area contributed by atoms with E-state index >= 15 is 0 Å². The van der Waals surface area contributed by atoms with Crippen molar-refractivity contribution in [3.63, 3.8) is 0 Å². The summed E-state index contributed by atoms with van der Waals surface area (Å²) in [5.41, 5.74) is 1.89. The Morgan fingerprint density at radius 3 is 2.43 bits per heavy atom. The van der Waals surface area contributed by atoms with E-state index in [-0.39, 0.29) is 17.2 Å². The van der Waals surface area contributed by atoms with Crippen LogP contribution in [-0.4, -0.2) is 64.9 Å². The van der Waals surface area contributed by atoms with Crippen LogP contribution in [0, 0.1) is 10.1 Å². The molecule has 1 aromatic heterocycles. The summed E-state index contributed by atoms with van der Waals surface area (Å²) in [6, 6.07) is 8.67. The number of rotatable bonds is 5. The van der Waals surface area contributed by atoms with Crippen molar-refractivity contribution in [1.29, 1.82) is 0 Å². The predicted octanol–water partition coefficient (Wildman–Crippen LogP) is 3.20. The minimum atomic E-state index is -0.468. The summed E-state index contributed by atoms with van der Waals surface area (Å²) in [6.45, 7) is 5.33. The van der Waals surface area contributed by atoms with E-state index in [0.29, 0.717) is 18.1 Å². The SMILES string of the molecule is O=C(c1cc(N2CCN(Cc3ccc(Cl)cn3)CC2)ccc1[N+](=O)[O-])N1CCCC1.